The Kier molecular flexibility index (Phi) is 8.00. The molecule has 33 heavy (non-hydrogen) atoms. The minimum Gasteiger partial charge on any atom is -0.355 e. The molecule has 1 unspecified atom stereocenters. The number of benzene rings is 1. The highest BCUT2D eigenvalue weighted by atomic mass is 19.4. The number of likely N-dealkylation sites (N-methyl/N-ethyl adjacent to an activating group) is 1. The number of ketones is 1. The molecule has 1 N–H and O–H groups in total. The largest absolute Gasteiger partial charge is 0.416 e. The van der Waals surface area contributed by atoms with Crippen molar-refractivity contribution in [3.8, 4) is 0 Å². The molecule has 1 aromatic carbocycles. The van der Waals surface area contributed by atoms with Crippen LogP contribution in [0.4, 0.5) is 32.0 Å². The van der Waals surface area contributed by atoms with Crippen LogP contribution in [0.25, 0.3) is 5.57 Å². The fraction of sp³-hybridized carbons (Fsp3) is 0.375. The first kappa shape index (κ1) is 26.4. The lowest BCUT2D eigenvalue weighted by Crippen LogP contribution is -2.24. The Labute approximate surface area is 189 Å². The molecule has 0 spiro atoms. The maximum atomic E-state index is 13.3. The van der Waals surface area contributed by atoms with Crippen molar-refractivity contribution in [3.63, 3.8) is 0 Å². The lowest BCUT2D eigenvalue weighted by atomic mass is 9.98. The van der Waals surface area contributed by atoms with Gasteiger partial charge in [0.15, 0.2) is 5.78 Å². The number of nitrogens with one attached hydrogen (secondary N) is 1. The first-order valence-electron chi connectivity index (χ1n) is 10.2. The van der Waals surface area contributed by atoms with E-state index >= 15 is 0 Å². The number of Topliss-reactive ketones (excluding diaryl/α,β-unsaturated/α-hetero) is 1. The van der Waals surface area contributed by atoms with Gasteiger partial charge in [-0.15, -0.1) is 0 Å². The van der Waals surface area contributed by atoms with Crippen LogP contribution >= 0.6 is 0 Å². The van der Waals surface area contributed by atoms with Crippen LogP contribution < -0.4 is 5.32 Å². The van der Waals surface area contributed by atoms with E-state index in [4.69, 9.17) is 0 Å². The normalized spacial score (nSPS) is 18.4. The molecule has 0 aromatic heterocycles. The highest BCUT2D eigenvalue weighted by Crippen LogP contribution is 2.36. The first-order valence-corrected chi connectivity index (χ1v) is 10.2. The number of allylic oxidation sites excluding steroid dienone is 4. The highest BCUT2D eigenvalue weighted by Gasteiger charge is 2.32. The summed E-state index contributed by atoms with van der Waals surface area (Å²) in [6.45, 7) is 10.4. The number of halogens is 6. The molecule has 3 nitrogen and oxygen atoms in total. The zero-order chi connectivity index (χ0) is 25.1. The summed E-state index contributed by atoms with van der Waals surface area (Å²) >= 11 is 0. The van der Waals surface area contributed by atoms with Crippen molar-refractivity contribution < 1.29 is 31.1 Å². The average Bonchev–Trinajstić information content (AvgIpc) is 3.08. The van der Waals surface area contributed by atoms with Gasteiger partial charge >= 0.3 is 12.4 Å². The number of alkyl halides is 6. The van der Waals surface area contributed by atoms with E-state index in [0.29, 0.717) is 6.08 Å². The quantitative estimate of drug-likeness (QED) is 0.270. The van der Waals surface area contributed by atoms with Crippen LogP contribution in [-0.4, -0.2) is 36.5 Å². The van der Waals surface area contributed by atoms with E-state index in [1.165, 1.54) is 6.92 Å². The Bertz CT molecular complexity index is 1000. The third kappa shape index (κ3) is 6.83. The van der Waals surface area contributed by atoms with Crippen molar-refractivity contribution in [2.45, 2.75) is 45.1 Å². The highest BCUT2D eigenvalue weighted by molar-refractivity contribution is 5.99. The van der Waals surface area contributed by atoms with E-state index in [9.17, 15) is 31.1 Å². The number of anilines is 1. The third-order valence-electron chi connectivity index (χ3n) is 5.46. The number of carbonyl (C=O) groups excluding carboxylic acids is 1. The Morgan fingerprint density at radius 2 is 1.79 bits per heavy atom. The van der Waals surface area contributed by atoms with Gasteiger partial charge in [-0.3, -0.25) is 9.69 Å². The van der Waals surface area contributed by atoms with E-state index in [2.05, 4.69) is 23.4 Å². The topological polar surface area (TPSA) is 32.3 Å². The van der Waals surface area contributed by atoms with Gasteiger partial charge in [0.25, 0.3) is 0 Å². The Morgan fingerprint density at radius 1 is 1.15 bits per heavy atom. The molecule has 2 rings (SSSR count). The number of nitrogens with zero attached hydrogens (tertiary/aromatic N) is 1. The van der Waals surface area contributed by atoms with E-state index in [1.807, 2.05) is 7.05 Å². The van der Waals surface area contributed by atoms with E-state index in [-0.39, 0.29) is 39.9 Å². The molecule has 9 heteroatoms. The minimum absolute atomic E-state index is 0.00172. The number of hydrogen-bond acceptors (Lipinski definition) is 3. The Hall–Kier alpha value is -2.81. The van der Waals surface area contributed by atoms with Crippen molar-refractivity contribution >= 4 is 17.0 Å². The molecule has 0 aliphatic carbocycles. The van der Waals surface area contributed by atoms with Crippen molar-refractivity contribution in [1.82, 2.24) is 4.90 Å². The van der Waals surface area contributed by atoms with Crippen LogP contribution in [0.5, 0.6) is 0 Å². The summed E-state index contributed by atoms with van der Waals surface area (Å²) in [6.07, 6.45) is -5.14. The number of carbonyl (C=O) groups is 1. The smallest absolute Gasteiger partial charge is 0.355 e. The predicted molar refractivity (Wildman–Crippen MR) is 117 cm³/mol. The molecular formula is C24H26F6N2O. The molecule has 1 heterocycles. The van der Waals surface area contributed by atoms with Gasteiger partial charge in [-0.25, -0.2) is 0 Å². The molecule has 1 aliphatic heterocycles. The van der Waals surface area contributed by atoms with Crippen LogP contribution in [0, 0.1) is 0 Å². The summed E-state index contributed by atoms with van der Waals surface area (Å²) in [5, 5.41) is 2.81. The molecule has 1 saturated heterocycles. The van der Waals surface area contributed by atoms with Gasteiger partial charge in [0, 0.05) is 34.1 Å². The van der Waals surface area contributed by atoms with Crippen LogP contribution in [0.1, 0.15) is 37.8 Å². The summed E-state index contributed by atoms with van der Waals surface area (Å²) in [5.41, 5.74) is -2.06. The summed E-state index contributed by atoms with van der Waals surface area (Å²) in [4.78, 5) is 14.3. The average molecular weight is 472 g/mol. The number of hydrogen-bond donors (Lipinski definition) is 1. The van der Waals surface area contributed by atoms with Gasteiger partial charge in [-0.2, -0.15) is 26.3 Å². The second-order valence-electron chi connectivity index (χ2n) is 8.04. The summed E-state index contributed by atoms with van der Waals surface area (Å²) < 4.78 is 78.6. The van der Waals surface area contributed by atoms with Gasteiger partial charge in [-0.05, 0) is 70.1 Å². The SMILES string of the molecule is C=C(Nc1ccc(C(F)(F)F)cc1C(=C)/C=C(\C)C(F)(F)F)/C(=C/C1CCCN1C)C(C)=O. The van der Waals surface area contributed by atoms with E-state index in [1.54, 1.807) is 6.08 Å². The molecule has 0 radical (unpaired) electrons. The van der Waals surface area contributed by atoms with Crippen molar-refractivity contribution in [1.29, 1.82) is 0 Å². The molecule has 0 amide bonds. The zero-order valence-electron chi connectivity index (χ0n) is 18.6. The standard InChI is InChI=1S/C24H26F6N2O/c1-14(11-15(2)23(25,26)27)20-12-18(24(28,29)30)8-9-22(20)31-16(3)21(17(4)33)13-19-7-6-10-32(19)5/h8-9,11-13,19,31H,1,3,6-7,10H2,2,4-5H3/b15-11+,21-13-. The summed E-state index contributed by atoms with van der Waals surface area (Å²) in [5.74, 6) is -0.298. The lowest BCUT2D eigenvalue weighted by Gasteiger charge is -2.20. The lowest BCUT2D eigenvalue weighted by molar-refractivity contribution is -0.137. The van der Waals surface area contributed by atoms with Gasteiger partial charge < -0.3 is 5.32 Å². The maximum Gasteiger partial charge on any atom is 0.416 e. The van der Waals surface area contributed by atoms with E-state index in [0.717, 1.165) is 44.5 Å². The second-order valence-corrected chi connectivity index (χ2v) is 8.04. The molecule has 1 fully saturated rings. The van der Waals surface area contributed by atoms with Crippen LogP contribution in [0.2, 0.25) is 0 Å². The molecule has 1 aliphatic rings. The number of rotatable bonds is 7. The third-order valence-corrected chi connectivity index (χ3v) is 5.46. The molecular weight excluding hydrogens is 446 g/mol. The molecule has 0 saturated carbocycles. The Morgan fingerprint density at radius 3 is 2.27 bits per heavy atom. The summed E-state index contributed by atoms with van der Waals surface area (Å²) in [6, 6.07) is 2.61. The van der Waals surface area contributed by atoms with Gasteiger partial charge in [-0.1, -0.05) is 19.2 Å². The molecule has 0 bridgehead atoms. The van der Waals surface area contributed by atoms with Crippen molar-refractivity contribution in [2.24, 2.45) is 0 Å². The van der Waals surface area contributed by atoms with Gasteiger partial charge in [0.1, 0.15) is 0 Å². The zero-order valence-corrected chi connectivity index (χ0v) is 18.6. The molecule has 180 valence electrons. The minimum atomic E-state index is -4.70. The summed E-state index contributed by atoms with van der Waals surface area (Å²) in [7, 11) is 1.91. The fourth-order valence-electron chi connectivity index (χ4n) is 3.52. The van der Waals surface area contributed by atoms with Crippen molar-refractivity contribution in [3.05, 3.63) is 71.5 Å². The predicted octanol–water partition coefficient (Wildman–Crippen LogP) is 6.76. The first-order chi connectivity index (χ1) is 15.1. The van der Waals surface area contributed by atoms with Gasteiger partial charge in [0.2, 0.25) is 0 Å². The van der Waals surface area contributed by atoms with Crippen LogP contribution in [-0.2, 0) is 11.0 Å². The van der Waals surface area contributed by atoms with E-state index < -0.39 is 23.5 Å². The van der Waals surface area contributed by atoms with Crippen LogP contribution in [0.3, 0.4) is 0 Å². The maximum absolute atomic E-state index is 13.3. The second kappa shape index (κ2) is 9.99. The van der Waals surface area contributed by atoms with Gasteiger partial charge in [0.05, 0.1) is 5.56 Å². The monoisotopic (exact) mass is 472 g/mol. The van der Waals surface area contributed by atoms with Crippen LogP contribution in [0.15, 0.2) is 60.4 Å². The molecule has 1 atom stereocenters. The Balaban J connectivity index is 2.48. The molecule has 1 aromatic rings. The van der Waals surface area contributed by atoms with Crippen molar-refractivity contribution in [2.75, 3.05) is 18.9 Å². The number of likely N-dealkylation sites (tertiary alicyclic amines) is 1. The fourth-order valence-corrected chi connectivity index (χ4v) is 3.52.